The Morgan fingerprint density at radius 1 is 1.04 bits per heavy atom. The van der Waals surface area contributed by atoms with E-state index in [-0.39, 0.29) is 19.1 Å². The average Bonchev–Trinajstić information content (AvgIpc) is 2.68. The predicted octanol–water partition coefficient (Wildman–Crippen LogP) is 3.09. The van der Waals surface area contributed by atoms with Crippen LogP contribution in [0.2, 0.25) is 0 Å². The van der Waals surface area contributed by atoms with Gasteiger partial charge in [0.05, 0.1) is 12.2 Å². The number of pyridine rings is 2. The first-order valence-corrected chi connectivity index (χ1v) is 8.48. The van der Waals surface area contributed by atoms with Crippen molar-refractivity contribution in [3.63, 3.8) is 0 Å². The molecular weight excluding hydrogens is 326 g/mol. The first-order valence-electron chi connectivity index (χ1n) is 8.48. The number of nitrogens with zero attached hydrogens (tertiary/aromatic N) is 3. The second kappa shape index (κ2) is 8.36. The van der Waals surface area contributed by atoms with Crippen LogP contribution in [0.15, 0.2) is 67.3 Å². The molecule has 132 valence electrons. The molecule has 3 aromatic rings. The lowest BCUT2D eigenvalue weighted by molar-refractivity contribution is 0.0707. The highest BCUT2D eigenvalue weighted by atomic mass is 16.3. The maximum absolute atomic E-state index is 12.9. The first-order chi connectivity index (χ1) is 12.7. The van der Waals surface area contributed by atoms with Crippen LogP contribution in [-0.2, 0) is 6.54 Å². The summed E-state index contributed by atoms with van der Waals surface area (Å²) in [5.41, 5.74) is 4.48. The zero-order valence-electron chi connectivity index (χ0n) is 14.7. The Bertz CT molecular complexity index is 881. The van der Waals surface area contributed by atoms with Crippen molar-refractivity contribution >= 4 is 5.91 Å². The number of aryl methyl sites for hydroxylation is 1. The first kappa shape index (κ1) is 17.8. The summed E-state index contributed by atoms with van der Waals surface area (Å²) in [5, 5.41) is 9.35. The van der Waals surface area contributed by atoms with Gasteiger partial charge in [-0.2, -0.15) is 0 Å². The van der Waals surface area contributed by atoms with Crippen LogP contribution in [0.3, 0.4) is 0 Å². The molecule has 0 saturated heterocycles. The van der Waals surface area contributed by atoms with Crippen LogP contribution in [-0.4, -0.2) is 39.0 Å². The number of benzene rings is 1. The van der Waals surface area contributed by atoms with Gasteiger partial charge in [0, 0.05) is 43.4 Å². The number of carbonyl (C=O) groups excluding carboxylic acids is 1. The van der Waals surface area contributed by atoms with E-state index in [4.69, 9.17) is 0 Å². The van der Waals surface area contributed by atoms with Gasteiger partial charge in [0.2, 0.25) is 0 Å². The largest absolute Gasteiger partial charge is 0.395 e. The molecule has 2 aromatic heterocycles. The summed E-state index contributed by atoms with van der Waals surface area (Å²) in [6.07, 6.45) is 6.73. The second-order valence-electron chi connectivity index (χ2n) is 6.14. The Morgan fingerprint density at radius 2 is 1.92 bits per heavy atom. The number of rotatable bonds is 6. The SMILES string of the molecule is Cc1cccc(-c2cncc(C(=O)N(CCO)Cc3cccnc3)c2)c1. The highest BCUT2D eigenvalue weighted by Crippen LogP contribution is 2.21. The van der Waals surface area contributed by atoms with E-state index in [1.807, 2.05) is 43.3 Å². The molecule has 5 heteroatoms. The third kappa shape index (κ3) is 4.32. The van der Waals surface area contributed by atoms with Gasteiger partial charge < -0.3 is 10.0 Å². The van der Waals surface area contributed by atoms with Crippen molar-refractivity contribution in [3.8, 4) is 11.1 Å². The van der Waals surface area contributed by atoms with Crippen LogP contribution in [0, 0.1) is 6.92 Å². The molecule has 0 saturated carbocycles. The molecule has 0 fully saturated rings. The summed E-state index contributed by atoms with van der Waals surface area (Å²) in [6, 6.07) is 13.7. The zero-order chi connectivity index (χ0) is 18.4. The summed E-state index contributed by atoms with van der Waals surface area (Å²) in [4.78, 5) is 22.9. The molecule has 1 amide bonds. The smallest absolute Gasteiger partial charge is 0.255 e. The van der Waals surface area contributed by atoms with Crippen LogP contribution in [0.1, 0.15) is 21.5 Å². The molecule has 0 atom stereocenters. The van der Waals surface area contributed by atoms with E-state index in [1.165, 1.54) is 0 Å². The van der Waals surface area contributed by atoms with Crippen LogP contribution >= 0.6 is 0 Å². The summed E-state index contributed by atoms with van der Waals surface area (Å²) < 4.78 is 0. The molecule has 3 rings (SSSR count). The number of carbonyl (C=O) groups is 1. The Hall–Kier alpha value is -3.05. The molecule has 2 heterocycles. The molecular formula is C21H21N3O2. The van der Waals surface area contributed by atoms with Crippen molar-refractivity contribution in [2.24, 2.45) is 0 Å². The van der Waals surface area contributed by atoms with Gasteiger partial charge in [0.25, 0.3) is 5.91 Å². The monoisotopic (exact) mass is 347 g/mol. The Kier molecular flexibility index (Phi) is 5.71. The van der Waals surface area contributed by atoms with Crippen molar-refractivity contribution in [2.75, 3.05) is 13.2 Å². The molecule has 1 aromatic carbocycles. The van der Waals surface area contributed by atoms with E-state index in [0.717, 1.165) is 22.3 Å². The van der Waals surface area contributed by atoms with Crippen LogP contribution in [0.5, 0.6) is 0 Å². The van der Waals surface area contributed by atoms with Crippen LogP contribution < -0.4 is 0 Å². The Morgan fingerprint density at radius 3 is 2.65 bits per heavy atom. The fourth-order valence-corrected chi connectivity index (χ4v) is 2.81. The minimum atomic E-state index is -0.162. The van der Waals surface area contributed by atoms with Gasteiger partial charge in [-0.25, -0.2) is 0 Å². The average molecular weight is 347 g/mol. The zero-order valence-corrected chi connectivity index (χ0v) is 14.7. The number of aliphatic hydroxyl groups excluding tert-OH is 1. The lowest BCUT2D eigenvalue weighted by Crippen LogP contribution is -2.33. The van der Waals surface area contributed by atoms with E-state index in [2.05, 4.69) is 16.0 Å². The van der Waals surface area contributed by atoms with Crippen LogP contribution in [0.25, 0.3) is 11.1 Å². The van der Waals surface area contributed by atoms with Crippen molar-refractivity contribution in [1.29, 1.82) is 0 Å². The molecule has 0 aliphatic carbocycles. The lowest BCUT2D eigenvalue weighted by atomic mass is 10.0. The van der Waals surface area contributed by atoms with E-state index >= 15 is 0 Å². The summed E-state index contributed by atoms with van der Waals surface area (Å²) >= 11 is 0. The normalized spacial score (nSPS) is 10.5. The highest BCUT2D eigenvalue weighted by molar-refractivity contribution is 5.95. The molecule has 26 heavy (non-hydrogen) atoms. The second-order valence-corrected chi connectivity index (χ2v) is 6.14. The molecule has 0 radical (unpaired) electrons. The van der Waals surface area contributed by atoms with E-state index in [1.54, 1.807) is 29.7 Å². The molecule has 0 bridgehead atoms. The minimum absolute atomic E-state index is 0.100. The number of aliphatic hydroxyl groups is 1. The molecule has 0 spiro atoms. The lowest BCUT2D eigenvalue weighted by Gasteiger charge is -2.22. The Labute approximate surface area is 153 Å². The number of amides is 1. The fourth-order valence-electron chi connectivity index (χ4n) is 2.81. The highest BCUT2D eigenvalue weighted by Gasteiger charge is 2.17. The topological polar surface area (TPSA) is 66.3 Å². The van der Waals surface area contributed by atoms with Gasteiger partial charge >= 0.3 is 0 Å². The standard InChI is InChI=1S/C21H21N3O2/c1-16-4-2-6-18(10-16)19-11-20(14-23-13-19)21(26)24(8-9-25)15-17-5-3-7-22-12-17/h2-7,10-14,25H,8-9,15H2,1H3. The van der Waals surface area contributed by atoms with Gasteiger partial charge in [-0.1, -0.05) is 35.9 Å². The Balaban J connectivity index is 1.86. The number of hydrogen-bond acceptors (Lipinski definition) is 4. The summed E-state index contributed by atoms with van der Waals surface area (Å²) in [5.74, 6) is -0.162. The third-order valence-corrected chi connectivity index (χ3v) is 4.09. The molecule has 1 N–H and O–H groups in total. The maximum Gasteiger partial charge on any atom is 0.255 e. The molecule has 0 aliphatic heterocycles. The van der Waals surface area contributed by atoms with E-state index in [9.17, 15) is 9.90 Å². The fraction of sp³-hybridized carbons (Fsp3) is 0.190. The van der Waals surface area contributed by atoms with E-state index < -0.39 is 0 Å². The molecule has 5 nitrogen and oxygen atoms in total. The molecule has 0 unspecified atom stereocenters. The number of aromatic nitrogens is 2. The predicted molar refractivity (Wildman–Crippen MR) is 100 cm³/mol. The minimum Gasteiger partial charge on any atom is -0.395 e. The van der Waals surface area contributed by atoms with Crippen molar-refractivity contribution in [1.82, 2.24) is 14.9 Å². The van der Waals surface area contributed by atoms with Gasteiger partial charge in [-0.05, 0) is 30.2 Å². The molecule has 0 aliphatic rings. The van der Waals surface area contributed by atoms with Crippen LogP contribution in [0.4, 0.5) is 0 Å². The van der Waals surface area contributed by atoms with Crippen molar-refractivity contribution in [2.45, 2.75) is 13.5 Å². The van der Waals surface area contributed by atoms with Gasteiger partial charge in [-0.15, -0.1) is 0 Å². The van der Waals surface area contributed by atoms with Gasteiger partial charge in [0.15, 0.2) is 0 Å². The van der Waals surface area contributed by atoms with E-state index in [0.29, 0.717) is 12.1 Å². The van der Waals surface area contributed by atoms with Gasteiger partial charge in [-0.3, -0.25) is 14.8 Å². The van der Waals surface area contributed by atoms with Gasteiger partial charge in [0.1, 0.15) is 0 Å². The van der Waals surface area contributed by atoms with Crippen molar-refractivity contribution in [3.05, 3.63) is 83.9 Å². The maximum atomic E-state index is 12.9. The quantitative estimate of drug-likeness (QED) is 0.744. The number of hydrogen-bond donors (Lipinski definition) is 1. The van der Waals surface area contributed by atoms with Crippen molar-refractivity contribution < 1.29 is 9.90 Å². The third-order valence-electron chi connectivity index (χ3n) is 4.09. The summed E-state index contributed by atoms with van der Waals surface area (Å²) in [7, 11) is 0. The summed E-state index contributed by atoms with van der Waals surface area (Å²) in [6.45, 7) is 2.57.